The van der Waals surface area contributed by atoms with Crippen LogP contribution in [0.1, 0.15) is 36.5 Å². The molecule has 0 bridgehead atoms. The van der Waals surface area contributed by atoms with Crippen molar-refractivity contribution in [2.75, 3.05) is 18.4 Å². The lowest BCUT2D eigenvalue weighted by Crippen LogP contribution is -2.45. The molecule has 1 aromatic carbocycles. The van der Waals surface area contributed by atoms with E-state index in [0.29, 0.717) is 17.1 Å². The van der Waals surface area contributed by atoms with E-state index in [4.69, 9.17) is 0 Å². The fourth-order valence-electron chi connectivity index (χ4n) is 3.22. The number of benzene rings is 1. The van der Waals surface area contributed by atoms with Crippen molar-refractivity contribution in [3.63, 3.8) is 0 Å². The van der Waals surface area contributed by atoms with Crippen LogP contribution >= 0.6 is 0 Å². The van der Waals surface area contributed by atoms with Gasteiger partial charge in [0.15, 0.2) is 0 Å². The van der Waals surface area contributed by atoms with Crippen molar-refractivity contribution in [2.24, 2.45) is 0 Å². The normalized spacial score (nSPS) is 16.1. The fourth-order valence-corrected chi connectivity index (χ4v) is 3.22. The van der Waals surface area contributed by atoms with E-state index >= 15 is 0 Å². The van der Waals surface area contributed by atoms with Gasteiger partial charge in [-0.25, -0.2) is 14.4 Å². The highest BCUT2D eigenvalue weighted by molar-refractivity contribution is 6.09. The minimum absolute atomic E-state index is 0.166. The molecule has 0 aliphatic carbocycles. The van der Waals surface area contributed by atoms with Gasteiger partial charge in [0, 0.05) is 30.4 Å². The van der Waals surface area contributed by atoms with E-state index in [-0.39, 0.29) is 5.91 Å². The highest BCUT2D eigenvalue weighted by atomic mass is 19.1. The standard InChI is InChI=1S/C22H25FN4O/c1-3-16(23)14-17(4-2)25-21-19-11-7-6-10-18(19)20(15-24-21)22(28)26-27-12-8-5-9-13-27/h3-4,6-7,10-11,14-15H,1,5,8-9,12-13H2,2H3,(H,24,25)(H,26,28)/b16-14+,17-4+. The van der Waals surface area contributed by atoms with Gasteiger partial charge in [0.25, 0.3) is 5.91 Å². The van der Waals surface area contributed by atoms with Gasteiger partial charge in [-0.05, 0) is 37.3 Å². The molecule has 0 spiro atoms. The van der Waals surface area contributed by atoms with Gasteiger partial charge in [0.1, 0.15) is 11.6 Å². The molecule has 1 fully saturated rings. The number of pyridine rings is 1. The zero-order valence-electron chi connectivity index (χ0n) is 16.0. The Morgan fingerprint density at radius 1 is 1.21 bits per heavy atom. The first kappa shape index (κ1) is 19.8. The van der Waals surface area contributed by atoms with Crippen LogP contribution in [0.2, 0.25) is 0 Å². The third-order valence-corrected chi connectivity index (χ3v) is 4.72. The van der Waals surface area contributed by atoms with Crippen molar-refractivity contribution >= 4 is 22.5 Å². The molecule has 0 unspecified atom stereocenters. The fraction of sp³-hybridized carbons (Fsp3) is 0.273. The third-order valence-electron chi connectivity index (χ3n) is 4.72. The molecule has 1 amide bonds. The number of piperidine rings is 1. The Balaban J connectivity index is 1.90. The quantitative estimate of drug-likeness (QED) is 0.712. The van der Waals surface area contributed by atoms with E-state index in [0.717, 1.165) is 42.8 Å². The van der Waals surface area contributed by atoms with Gasteiger partial charge < -0.3 is 5.32 Å². The topological polar surface area (TPSA) is 57.3 Å². The number of rotatable bonds is 6. The molecule has 2 aromatic rings. The van der Waals surface area contributed by atoms with Crippen LogP contribution in [0.15, 0.2) is 66.8 Å². The van der Waals surface area contributed by atoms with Crippen LogP contribution in [0, 0.1) is 0 Å². The maximum Gasteiger partial charge on any atom is 0.267 e. The van der Waals surface area contributed by atoms with Crippen LogP contribution in [0.4, 0.5) is 10.2 Å². The van der Waals surface area contributed by atoms with Gasteiger partial charge >= 0.3 is 0 Å². The van der Waals surface area contributed by atoms with Gasteiger partial charge in [-0.15, -0.1) is 0 Å². The second-order valence-electron chi connectivity index (χ2n) is 6.66. The summed E-state index contributed by atoms with van der Waals surface area (Å²) in [6.07, 6.45) is 9.17. The lowest BCUT2D eigenvalue weighted by atomic mass is 10.1. The number of amides is 1. The zero-order valence-corrected chi connectivity index (χ0v) is 16.0. The molecule has 0 saturated carbocycles. The Morgan fingerprint density at radius 3 is 2.61 bits per heavy atom. The van der Waals surface area contributed by atoms with Crippen LogP contribution in [0.3, 0.4) is 0 Å². The molecule has 146 valence electrons. The van der Waals surface area contributed by atoms with Gasteiger partial charge in [0.05, 0.1) is 5.56 Å². The Labute approximate surface area is 164 Å². The average molecular weight is 380 g/mol. The largest absolute Gasteiger partial charge is 0.340 e. The smallest absolute Gasteiger partial charge is 0.267 e. The molecule has 0 atom stereocenters. The Bertz CT molecular complexity index is 929. The second kappa shape index (κ2) is 9.28. The average Bonchev–Trinajstić information content (AvgIpc) is 2.73. The maximum atomic E-state index is 13.6. The predicted molar refractivity (Wildman–Crippen MR) is 111 cm³/mol. The van der Waals surface area contributed by atoms with Crippen molar-refractivity contribution in [2.45, 2.75) is 26.2 Å². The first-order valence-corrected chi connectivity index (χ1v) is 9.49. The highest BCUT2D eigenvalue weighted by Crippen LogP contribution is 2.26. The Hall–Kier alpha value is -2.99. The summed E-state index contributed by atoms with van der Waals surface area (Å²) < 4.78 is 13.6. The van der Waals surface area contributed by atoms with Gasteiger partial charge in [0.2, 0.25) is 0 Å². The summed E-state index contributed by atoms with van der Waals surface area (Å²) in [6, 6.07) is 7.56. The van der Waals surface area contributed by atoms with E-state index < -0.39 is 5.83 Å². The summed E-state index contributed by atoms with van der Waals surface area (Å²) in [5.41, 5.74) is 4.06. The Morgan fingerprint density at radius 2 is 1.93 bits per heavy atom. The number of hydrazine groups is 1. The number of nitrogens with zero attached hydrogens (tertiary/aromatic N) is 2. The predicted octanol–water partition coefficient (Wildman–Crippen LogP) is 4.72. The van der Waals surface area contributed by atoms with Crippen molar-refractivity contribution in [1.82, 2.24) is 15.4 Å². The number of hydrogen-bond donors (Lipinski definition) is 2. The minimum Gasteiger partial charge on any atom is -0.340 e. The molecule has 1 aliphatic heterocycles. The molecule has 1 saturated heterocycles. The number of halogens is 1. The van der Waals surface area contributed by atoms with E-state index in [2.05, 4.69) is 22.3 Å². The Kier molecular flexibility index (Phi) is 6.55. The minimum atomic E-state index is -0.442. The van der Waals surface area contributed by atoms with Crippen LogP contribution < -0.4 is 10.7 Å². The number of nitrogens with one attached hydrogen (secondary N) is 2. The number of allylic oxidation sites excluding steroid dienone is 4. The monoisotopic (exact) mass is 380 g/mol. The number of fused-ring (bicyclic) bond motifs is 1. The zero-order chi connectivity index (χ0) is 19.9. The number of carbonyl (C=O) groups is 1. The molecule has 28 heavy (non-hydrogen) atoms. The van der Waals surface area contributed by atoms with E-state index in [1.54, 1.807) is 19.2 Å². The van der Waals surface area contributed by atoms with E-state index in [1.807, 2.05) is 29.3 Å². The maximum absolute atomic E-state index is 13.6. The number of hydrogen-bond acceptors (Lipinski definition) is 4. The second-order valence-corrected chi connectivity index (χ2v) is 6.66. The summed E-state index contributed by atoms with van der Waals surface area (Å²) in [6.45, 7) is 6.95. The lowest BCUT2D eigenvalue weighted by molar-refractivity contribution is 0.0751. The van der Waals surface area contributed by atoms with Crippen LogP contribution in [-0.2, 0) is 0 Å². The lowest BCUT2D eigenvalue weighted by Gasteiger charge is -2.27. The van der Waals surface area contributed by atoms with Crippen LogP contribution in [-0.4, -0.2) is 29.0 Å². The molecule has 3 rings (SSSR count). The molecule has 1 aromatic heterocycles. The van der Waals surface area contributed by atoms with Gasteiger partial charge in [-0.2, -0.15) is 0 Å². The van der Waals surface area contributed by atoms with Crippen molar-refractivity contribution in [3.8, 4) is 0 Å². The SMILES string of the molecule is C=C/C(F)=C\C(=C/C)Nc1ncc(C(=O)NN2CCCCC2)c2ccccc12. The third kappa shape index (κ3) is 4.64. The molecule has 6 heteroatoms. The van der Waals surface area contributed by atoms with Gasteiger partial charge in [-0.3, -0.25) is 10.2 Å². The number of anilines is 1. The molecule has 5 nitrogen and oxygen atoms in total. The summed E-state index contributed by atoms with van der Waals surface area (Å²) in [5.74, 6) is -0.0465. The summed E-state index contributed by atoms with van der Waals surface area (Å²) in [5, 5.41) is 6.68. The van der Waals surface area contributed by atoms with Crippen molar-refractivity contribution < 1.29 is 9.18 Å². The summed E-state index contributed by atoms with van der Waals surface area (Å²) >= 11 is 0. The molecular weight excluding hydrogens is 355 g/mol. The highest BCUT2D eigenvalue weighted by Gasteiger charge is 2.17. The molecule has 1 aliphatic rings. The van der Waals surface area contributed by atoms with Crippen molar-refractivity contribution in [3.05, 3.63) is 72.4 Å². The molecule has 2 heterocycles. The molecule has 0 radical (unpaired) electrons. The first-order valence-electron chi connectivity index (χ1n) is 9.49. The van der Waals surface area contributed by atoms with Crippen LogP contribution in [0.25, 0.3) is 10.8 Å². The van der Waals surface area contributed by atoms with E-state index in [1.165, 1.54) is 12.5 Å². The number of aromatic nitrogens is 1. The first-order chi connectivity index (χ1) is 13.6. The van der Waals surface area contributed by atoms with E-state index in [9.17, 15) is 9.18 Å². The van der Waals surface area contributed by atoms with Crippen LogP contribution in [0.5, 0.6) is 0 Å². The summed E-state index contributed by atoms with van der Waals surface area (Å²) in [7, 11) is 0. The molecular formula is C22H25FN4O. The summed E-state index contributed by atoms with van der Waals surface area (Å²) in [4.78, 5) is 17.2. The van der Waals surface area contributed by atoms with Crippen molar-refractivity contribution in [1.29, 1.82) is 0 Å². The number of carbonyl (C=O) groups excluding carboxylic acids is 1. The van der Waals surface area contributed by atoms with Gasteiger partial charge in [-0.1, -0.05) is 43.3 Å². The molecule has 2 N–H and O–H groups in total.